The van der Waals surface area contributed by atoms with Crippen molar-refractivity contribution >= 4 is 5.91 Å². The zero-order valence-electron chi connectivity index (χ0n) is 19.2. The molecule has 36 heavy (non-hydrogen) atoms. The summed E-state index contributed by atoms with van der Waals surface area (Å²) in [4.78, 5) is 21.5. The first-order valence-electron chi connectivity index (χ1n) is 11.4. The van der Waals surface area contributed by atoms with Crippen molar-refractivity contribution in [3.63, 3.8) is 0 Å². The van der Waals surface area contributed by atoms with Crippen LogP contribution in [0.1, 0.15) is 16.1 Å². The summed E-state index contributed by atoms with van der Waals surface area (Å²) in [5, 5.41) is 28.3. The topological polar surface area (TPSA) is 113 Å². The third-order valence-corrected chi connectivity index (χ3v) is 5.66. The molecule has 0 radical (unpaired) electrons. The van der Waals surface area contributed by atoms with Crippen LogP contribution in [0.15, 0.2) is 97.2 Å². The molecule has 0 unspecified atom stereocenters. The van der Waals surface area contributed by atoms with Gasteiger partial charge in [0.05, 0.1) is 16.8 Å². The zero-order chi connectivity index (χ0) is 24.9. The summed E-state index contributed by atoms with van der Waals surface area (Å²) in [5.41, 5.74) is 3.02. The predicted molar refractivity (Wildman–Crippen MR) is 136 cm³/mol. The molecule has 0 bridgehead atoms. The minimum atomic E-state index is -0.188. The van der Waals surface area contributed by atoms with Crippen LogP contribution in [0.5, 0.6) is 11.5 Å². The van der Waals surface area contributed by atoms with Gasteiger partial charge in [-0.1, -0.05) is 30.3 Å². The van der Waals surface area contributed by atoms with Gasteiger partial charge in [-0.05, 0) is 60.7 Å². The van der Waals surface area contributed by atoms with Crippen LogP contribution in [-0.4, -0.2) is 42.4 Å². The van der Waals surface area contributed by atoms with Crippen molar-refractivity contribution in [1.82, 2.24) is 25.1 Å². The number of nitrogens with zero attached hydrogens (tertiary/aromatic N) is 4. The van der Waals surface area contributed by atoms with E-state index in [9.17, 15) is 15.0 Å². The van der Waals surface area contributed by atoms with Gasteiger partial charge in [-0.3, -0.25) is 9.78 Å². The molecule has 8 nitrogen and oxygen atoms in total. The lowest BCUT2D eigenvalue weighted by Crippen LogP contribution is -2.25. The predicted octanol–water partition coefficient (Wildman–Crippen LogP) is 4.38. The number of amides is 1. The van der Waals surface area contributed by atoms with E-state index < -0.39 is 0 Å². The molecule has 0 aliphatic heterocycles. The number of aromatic nitrogens is 4. The molecule has 8 heteroatoms. The molecule has 0 saturated heterocycles. The van der Waals surface area contributed by atoms with Crippen molar-refractivity contribution < 1.29 is 15.0 Å². The summed E-state index contributed by atoms with van der Waals surface area (Å²) in [6, 6.07) is 26.3. The summed E-state index contributed by atoms with van der Waals surface area (Å²) < 4.78 is 1.58. The van der Waals surface area contributed by atoms with Gasteiger partial charge in [-0.15, -0.1) is 5.10 Å². The molecule has 0 fully saturated rings. The van der Waals surface area contributed by atoms with Crippen molar-refractivity contribution in [3.8, 4) is 40.0 Å². The maximum atomic E-state index is 12.6. The number of para-hydroxylation sites is 2. The quantitative estimate of drug-likeness (QED) is 0.321. The van der Waals surface area contributed by atoms with Gasteiger partial charge < -0.3 is 15.5 Å². The summed E-state index contributed by atoms with van der Waals surface area (Å²) in [5.74, 6) is 0.628. The maximum Gasteiger partial charge on any atom is 0.251 e. The molecule has 5 aromatic rings. The van der Waals surface area contributed by atoms with Crippen molar-refractivity contribution in [2.75, 3.05) is 6.54 Å². The molecular formula is C28H23N5O3. The monoisotopic (exact) mass is 477 g/mol. The first kappa shape index (κ1) is 22.8. The average molecular weight is 478 g/mol. The highest BCUT2D eigenvalue weighted by Crippen LogP contribution is 2.33. The molecule has 0 atom stereocenters. The van der Waals surface area contributed by atoms with Gasteiger partial charge in [0, 0.05) is 30.4 Å². The highest BCUT2D eigenvalue weighted by Gasteiger charge is 2.19. The third-order valence-electron chi connectivity index (χ3n) is 5.66. The normalized spacial score (nSPS) is 10.8. The number of pyridine rings is 1. The fraction of sp³-hybridized carbons (Fsp3) is 0.0714. The second-order valence-corrected chi connectivity index (χ2v) is 8.08. The molecule has 0 spiro atoms. The Morgan fingerprint density at radius 2 is 1.47 bits per heavy atom. The number of rotatable bonds is 7. The summed E-state index contributed by atoms with van der Waals surface area (Å²) in [6.07, 6.45) is 2.37. The Bertz CT molecular complexity index is 1500. The molecule has 178 valence electrons. The van der Waals surface area contributed by atoms with E-state index in [1.54, 1.807) is 83.7 Å². The Hall–Kier alpha value is -4.98. The summed E-state index contributed by atoms with van der Waals surface area (Å²) >= 11 is 0. The molecule has 0 saturated carbocycles. The lowest BCUT2D eigenvalue weighted by Gasteiger charge is -2.09. The number of carbonyl (C=O) groups is 1. The number of carbonyl (C=O) groups excluding carboxylic acids is 1. The van der Waals surface area contributed by atoms with E-state index in [1.807, 2.05) is 18.2 Å². The molecule has 3 aromatic carbocycles. The largest absolute Gasteiger partial charge is 0.507 e. The Labute approximate surface area is 207 Å². The Morgan fingerprint density at radius 1 is 0.806 bits per heavy atom. The van der Waals surface area contributed by atoms with Crippen LogP contribution >= 0.6 is 0 Å². The standard InChI is InChI=1S/C28H23N5O3/c34-24-10-3-1-8-22(24)26-31-27(23-9-2-4-11-25(23)35)33(32-26)21-14-12-19(13-15-21)28(36)30-18-16-20-7-5-6-17-29-20/h1-15,17,34-35H,16,18H2,(H,30,36). The highest BCUT2D eigenvalue weighted by molar-refractivity contribution is 5.94. The van der Waals surface area contributed by atoms with Crippen molar-refractivity contribution in [2.45, 2.75) is 6.42 Å². The molecule has 1 amide bonds. The van der Waals surface area contributed by atoms with Crippen LogP contribution in [0, 0.1) is 0 Å². The van der Waals surface area contributed by atoms with Crippen LogP contribution in [-0.2, 0) is 6.42 Å². The molecule has 3 N–H and O–H groups in total. The number of benzene rings is 3. The van der Waals surface area contributed by atoms with Gasteiger partial charge in [-0.25, -0.2) is 9.67 Å². The summed E-state index contributed by atoms with van der Waals surface area (Å²) in [6.45, 7) is 0.474. The smallest absolute Gasteiger partial charge is 0.251 e. The van der Waals surface area contributed by atoms with Gasteiger partial charge in [0.15, 0.2) is 11.6 Å². The van der Waals surface area contributed by atoms with Gasteiger partial charge in [0.1, 0.15) is 11.5 Å². The Morgan fingerprint density at radius 3 is 2.14 bits per heavy atom. The van der Waals surface area contributed by atoms with E-state index in [4.69, 9.17) is 0 Å². The molecule has 2 heterocycles. The Balaban J connectivity index is 1.42. The van der Waals surface area contributed by atoms with Gasteiger partial charge >= 0.3 is 0 Å². The fourth-order valence-corrected chi connectivity index (χ4v) is 3.81. The Kier molecular flexibility index (Phi) is 6.40. The highest BCUT2D eigenvalue weighted by atomic mass is 16.3. The lowest BCUT2D eigenvalue weighted by atomic mass is 10.1. The van der Waals surface area contributed by atoms with Gasteiger partial charge in [0.25, 0.3) is 5.91 Å². The van der Waals surface area contributed by atoms with Crippen LogP contribution in [0.2, 0.25) is 0 Å². The number of hydrogen-bond acceptors (Lipinski definition) is 6. The third kappa shape index (κ3) is 4.78. The van der Waals surface area contributed by atoms with Crippen LogP contribution in [0.3, 0.4) is 0 Å². The van der Waals surface area contributed by atoms with Gasteiger partial charge in [-0.2, -0.15) is 0 Å². The SMILES string of the molecule is O=C(NCCc1ccccn1)c1ccc(-n2nc(-c3ccccc3O)nc2-c2ccccc2O)cc1. The second kappa shape index (κ2) is 10.1. The first-order valence-corrected chi connectivity index (χ1v) is 11.4. The summed E-state index contributed by atoms with van der Waals surface area (Å²) in [7, 11) is 0. The van der Waals surface area contributed by atoms with E-state index in [2.05, 4.69) is 20.4 Å². The number of aromatic hydroxyl groups is 2. The number of hydrogen-bond donors (Lipinski definition) is 3. The fourth-order valence-electron chi connectivity index (χ4n) is 3.81. The average Bonchev–Trinajstić information content (AvgIpc) is 3.35. The zero-order valence-corrected chi connectivity index (χ0v) is 19.2. The van der Waals surface area contributed by atoms with Crippen LogP contribution in [0.25, 0.3) is 28.5 Å². The van der Waals surface area contributed by atoms with E-state index in [-0.39, 0.29) is 17.4 Å². The minimum Gasteiger partial charge on any atom is -0.507 e. The van der Waals surface area contributed by atoms with E-state index in [0.717, 1.165) is 5.69 Å². The van der Waals surface area contributed by atoms with E-state index in [0.29, 0.717) is 47.0 Å². The first-order chi connectivity index (χ1) is 17.6. The van der Waals surface area contributed by atoms with Gasteiger partial charge in [0.2, 0.25) is 0 Å². The number of phenolic OH excluding ortho intramolecular Hbond substituents is 2. The van der Waals surface area contributed by atoms with E-state index in [1.165, 1.54) is 0 Å². The molecule has 0 aliphatic rings. The molecule has 5 rings (SSSR count). The van der Waals surface area contributed by atoms with Crippen LogP contribution < -0.4 is 5.32 Å². The molecule has 2 aromatic heterocycles. The number of phenols is 2. The number of nitrogens with one attached hydrogen (secondary N) is 1. The molecular weight excluding hydrogens is 454 g/mol. The maximum absolute atomic E-state index is 12.6. The van der Waals surface area contributed by atoms with Crippen molar-refractivity contribution in [2.24, 2.45) is 0 Å². The minimum absolute atomic E-state index is 0.0520. The lowest BCUT2D eigenvalue weighted by molar-refractivity contribution is 0.0954. The van der Waals surface area contributed by atoms with Crippen LogP contribution in [0.4, 0.5) is 0 Å². The van der Waals surface area contributed by atoms with Crippen molar-refractivity contribution in [1.29, 1.82) is 0 Å². The van der Waals surface area contributed by atoms with E-state index >= 15 is 0 Å². The van der Waals surface area contributed by atoms with Crippen molar-refractivity contribution in [3.05, 3.63) is 108 Å². The molecule has 0 aliphatic carbocycles. The second-order valence-electron chi connectivity index (χ2n) is 8.08.